The Hall–Kier alpha value is -9.10. The normalized spacial score (nSPS) is 13.9. The summed E-state index contributed by atoms with van der Waals surface area (Å²) in [5, 5.41) is 8.63. The van der Waals surface area contributed by atoms with Crippen LogP contribution in [-0.4, -0.2) is 36.1 Å². The highest BCUT2D eigenvalue weighted by molar-refractivity contribution is 7.12. The van der Waals surface area contributed by atoms with Crippen LogP contribution in [0, 0.1) is 27.7 Å². The molecule has 11 aromatic rings. The zero-order valence-corrected chi connectivity index (χ0v) is 48.7. The van der Waals surface area contributed by atoms with Crippen molar-refractivity contribution in [1.29, 1.82) is 0 Å². The van der Waals surface area contributed by atoms with Gasteiger partial charge in [0.15, 0.2) is 0 Å². The second-order valence-corrected chi connectivity index (χ2v) is 25.4. The lowest BCUT2D eigenvalue weighted by Gasteiger charge is -2.32. The van der Waals surface area contributed by atoms with Crippen LogP contribution in [0.2, 0.25) is 0 Å². The van der Waals surface area contributed by atoms with E-state index >= 15 is 19.2 Å². The molecule has 0 radical (unpaired) electrons. The molecule has 4 heterocycles. The van der Waals surface area contributed by atoms with Crippen molar-refractivity contribution >= 4 is 125 Å². The van der Waals surface area contributed by atoms with Gasteiger partial charge in [-0.05, 0) is 178 Å². The summed E-state index contributed by atoms with van der Waals surface area (Å²) < 4.78 is 14.1. The van der Waals surface area contributed by atoms with E-state index in [-0.39, 0.29) is 22.0 Å². The van der Waals surface area contributed by atoms with E-state index in [1.807, 2.05) is 160 Å². The fourth-order valence-corrected chi connectivity index (χ4v) is 12.8. The molecule has 0 saturated heterocycles. The monoisotopic (exact) mass is 1110 g/mol. The standard InChI is InChI=1S/C70H56N4O6S2/c1-37-31-55(39(3)29-53(37)71-35-45-13-11-27-81-45)73-65(75)49-25-23-47-62-58(80-44-21-17-42(18-22-44)70(8,9)10)34-52-60-50(66(76)74(68(52)78)56-32-38(2)54(30-40(56)4)72-36-46-14-12-28-82-46)26-24-48(64(60)62)61-57(33-51(67(73)77)59(49)63(47)61)79-43-19-15-41(16-20-43)69(5,6)7/h11-36H,1-10H3. The highest BCUT2D eigenvalue weighted by atomic mass is 32.1. The molecule has 2 aliphatic heterocycles. The van der Waals surface area contributed by atoms with Gasteiger partial charge in [-0.1, -0.05) is 90.1 Å². The Balaban J connectivity index is 1.05. The van der Waals surface area contributed by atoms with Gasteiger partial charge in [-0.2, -0.15) is 0 Å². The van der Waals surface area contributed by atoms with Crippen LogP contribution < -0.4 is 19.3 Å². The van der Waals surface area contributed by atoms with Crippen molar-refractivity contribution in [2.75, 3.05) is 9.80 Å². The number of rotatable bonds is 10. The van der Waals surface area contributed by atoms with Crippen LogP contribution >= 0.6 is 22.7 Å². The molecule has 2 aromatic heterocycles. The molecule has 0 aliphatic carbocycles. The lowest BCUT2D eigenvalue weighted by Crippen LogP contribution is -2.41. The minimum atomic E-state index is -0.512. The molecule has 0 saturated carbocycles. The Morgan fingerprint density at radius 2 is 0.793 bits per heavy atom. The van der Waals surface area contributed by atoms with E-state index in [0.29, 0.717) is 99.7 Å². The number of amides is 4. The van der Waals surface area contributed by atoms with Crippen LogP contribution in [0.15, 0.2) is 154 Å². The Morgan fingerprint density at radius 1 is 0.415 bits per heavy atom. The van der Waals surface area contributed by atoms with Gasteiger partial charge in [0.1, 0.15) is 23.0 Å². The average Bonchev–Trinajstić information content (AvgIpc) is 2.89. The summed E-state index contributed by atoms with van der Waals surface area (Å²) in [5.74, 6) is -0.212. The van der Waals surface area contributed by atoms with Gasteiger partial charge in [-0.25, -0.2) is 9.80 Å². The summed E-state index contributed by atoms with van der Waals surface area (Å²) in [6.07, 6.45) is 3.64. The summed E-state index contributed by atoms with van der Waals surface area (Å²) in [5.41, 5.74) is 8.52. The average molecular weight is 1110 g/mol. The summed E-state index contributed by atoms with van der Waals surface area (Å²) in [6, 6.07) is 42.2. The molecule has 404 valence electrons. The first-order chi connectivity index (χ1) is 39.2. The second-order valence-electron chi connectivity index (χ2n) is 23.5. The van der Waals surface area contributed by atoms with E-state index in [2.05, 4.69) is 41.5 Å². The number of carbonyl (C=O) groups excluding carboxylic acids is 4. The molecule has 12 heteroatoms. The molecule has 0 bridgehead atoms. The first kappa shape index (κ1) is 52.3. The smallest absolute Gasteiger partial charge is 0.266 e. The number of fused-ring (bicyclic) bond motifs is 2. The third-order valence-electron chi connectivity index (χ3n) is 15.9. The number of aryl methyl sites for hydroxylation is 4. The molecule has 13 rings (SSSR count). The third kappa shape index (κ3) is 8.58. The quantitative estimate of drug-likeness (QED) is 0.0582. The van der Waals surface area contributed by atoms with E-state index in [9.17, 15) is 0 Å². The molecule has 9 aromatic carbocycles. The third-order valence-corrected chi connectivity index (χ3v) is 17.5. The topological polar surface area (TPSA) is 118 Å². The Bertz CT molecular complexity index is 4290. The number of imide groups is 2. The maximum absolute atomic E-state index is 15.6. The van der Waals surface area contributed by atoms with Crippen molar-refractivity contribution in [2.24, 2.45) is 9.98 Å². The maximum atomic E-state index is 15.6. The van der Waals surface area contributed by atoms with Gasteiger partial charge in [0.2, 0.25) is 0 Å². The van der Waals surface area contributed by atoms with Gasteiger partial charge in [0.05, 0.1) is 33.9 Å². The molecule has 10 nitrogen and oxygen atoms in total. The van der Waals surface area contributed by atoms with Crippen LogP contribution in [0.5, 0.6) is 23.0 Å². The lowest BCUT2D eigenvalue weighted by atomic mass is 9.81. The molecule has 2 aliphatic rings. The van der Waals surface area contributed by atoms with Crippen molar-refractivity contribution in [3.8, 4) is 23.0 Å². The lowest BCUT2D eigenvalue weighted by molar-refractivity contribution is 0.0877. The zero-order chi connectivity index (χ0) is 57.3. The van der Waals surface area contributed by atoms with E-state index in [0.717, 1.165) is 43.4 Å². The van der Waals surface area contributed by atoms with Crippen LogP contribution in [0.1, 0.15) is 126 Å². The van der Waals surface area contributed by atoms with E-state index in [4.69, 9.17) is 19.5 Å². The predicted molar refractivity (Wildman–Crippen MR) is 335 cm³/mol. The van der Waals surface area contributed by atoms with Crippen molar-refractivity contribution in [1.82, 2.24) is 0 Å². The highest BCUT2D eigenvalue weighted by Crippen LogP contribution is 2.54. The van der Waals surface area contributed by atoms with Crippen molar-refractivity contribution in [3.05, 3.63) is 210 Å². The molecular weight excluding hydrogens is 1060 g/mol. The molecule has 0 atom stereocenters. The number of hydrogen-bond donors (Lipinski definition) is 0. The fraction of sp³-hybridized carbons (Fsp3) is 0.171. The predicted octanol–water partition coefficient (Wildman–Crippen LogP) is 18.4. The Kier molecular flexibility index (Phi) is 12.3. The van der Waals surface area contributed by atoms with Crippen LogP contribution in [0.3, 0.4) is 0 Å². The number of ether oxygens (including phenoxy) is 2. The van der Waals surface area contributed by atoms with Crippen molar-refractivity contribution < 1.29 is 28.7 Å². The van der Waals surface area contributed by atoms with Gasteiger partial charge in [0, 0.05) is 65.6 Å². The van der Waals surface area contributed by atoms with E-state index in [1.165, 1.54) is 9.80 Å². The summed E-state index contributed by atoms with van der Waals surface area (Å²) >= 11 is 3.17. The molecule has 82 heavy (non-hydrogen) atoms. The first-order valence-electron chi connectivity index (χ1n) is 27.2. The van der Waals surface area contributed by atoms with Crippen molar-refractivity contribution in [3.63, 3.8) is 0 Å². The fourth-order valence-electron chi connectivity index (χ4n) is 11.6. The number of aliphatic imine (C=N–C) groups is 2. The van der Waals surface area contributed by atoms with Crippen LogP contribution in [0.4, 0.5) is 22.7 Å². The number of nitrogens with zero attached hydrogens (tertiary/aromatic N) is 4. The first-order valence-corrected chi connectivity index (χ1v) is 29.0. The minimum absolute atomic E-state index is 0.130. The van der Waals surface area contributed by atoms with Gasteiger partial charge in [-0.3, -0.25) is 29.2 Å². The molecular formula is C70H56N4O6S2. The molecule has 0 unspecified atom stereocenters. The number of thiophene rings is 2. The summed E-state index contributed by atoms with van der Waals surface area (Å²) in [7, 11) is 0. The van der Waals surface area contributed by atoms with Gasteiger partial charge < -0.3 is 9.47 Å². The van der Waals surface area contributed by atoms with Gasteiger partial charge in [-0.15, -0.1) is 22.7 Å². The van der Waals surface area contributed by atoms with E-state index in [1.54, 1.807) is 46.9 Å². The molecule has 0 N–H and O–H groups in total. The molecule has 4 amide bonds. The summed E-state index contributed by atoms with van der Waals surface area (Å²) in [4.78, 5) is 76.0. The Morgan fingerprint density at radius 3 is 1.15 bits per heavy atom. The molecule has 0 spiro atoms. The number of hydrogen-bond acceptors (Lipinski definition) is 10. The number of anilines is 2. The second kappa shape index (κ2) is 19.3. The van der Waals surface area contributed by atoms with E-state index < -0.39 is 23.6 Å². The minimum Gasteiger partial charge on any atom is -0.457 e. The summed E-state index contributed by atoms with van der Waals surface area (Å²) in [6.45, 7) is 20.5. The molecule has 0 fully saturated rings. The zero-order valence-electron chi connectivity index (χ0n) is 47.1. The van der Waals surface area contributed by atoms with Crippen LogP contribution in [0.25, 0.3) is 43.1 Å². The number of benzene rings is 9. The van der Waals surface area contributed by atoms with Gasteiger partial charge in [0.25, 0.3) is 23.6 Å². The van der Waals surface area contributed by atoms with Crippen molar-refractivity contribution in [2.45, 2.75) is 80.1 Å². The number of carbonyl (C=O) groups is 4. The van der Waals surface area contributed by atoms with Gasteiger partial charge >= 0.3 is 0 Å². The largest absolute Gasteiger partial charge is 0.457 e. The van der Waals surface area contributed by atoms with Crippen LogP contribution in [-0.2, 0) is 10.8 Å². The Labute approximate surface area is 483 Å². The SMILES string of the molecule is Cc1cc(N2C(=O)c3ccc4c5c(Oc6ccc(C(C)(C)C)cc6)cc6c7c(ccc(c8c(Oc9ccc(C(C)(C)C)cc9)cc(c3c48)C2=O)c75)C(=O)N(c2cc(C)c(N=Cc3cccs3)cc2C)C6=O)c(C)cc1N=Cc1cccs1. The maximum Gasteiger partial charge on any atom is 0.266 e. The highest BCUT2D eigenvalue weighted by Gasteiger charge is 2.41.